The van der Waals surface area contributed by atoms with E-state index in [-0.39, 0.29) is 28.7 Å². The molecule has 2 rings (SSSR count). The molecule has 1 N–H and O–H groups in total. The highest BCUT2D eigenvalue weighted by Crippen LogP contribution is 2.25. The predicted molar refractivity (Wildman–Crippen MR) is 66.1 cm³/mol. The van der Waals surface area contributed by atoms with Crippen LogP contribution in [0.3, 0.4) is 0 Å². The highest BCUT2D eigenvalue weighted by atomic mass is 35.5. The van der Waals surface area contributed by atoms with Crippen LogP contribution < -0.4 is 4.74 Å². The Bertz CT molecular complexity index is 621. The minimum absolute atomic E-state index is 0.0153. The lowest BCUT2D eigenvalue weighted by Gasteiger charge is -2.05. The van der Waals surface area contributed by atoms with Gasteiger partial charge in [0.05, 0.1) is 5.02 Å². The maximum atomic E-state index is 13.5. The van der Waals surface area contributed by atoms with Crippen molar-refractivity contribution in [3.63, 3.8) is 0 Å². The van der Waals surface area contributed by atoms with Gasteiger partial charge in [-0.05, 0) is 25.1 Å². The van der Waals surface area contributed by atoms with Crippen LogP contribution in [0.2, 0.25) is 5.02 Å². The normalized spacial score (nSPS) is 10.5. The first-order valence-corrected chi connectivity index (χ1v) is 5.76. The molecule has 0 amide bonds. The van der Waals surface area contributed by atoms with Gasteiger partial charge >= 0.3 is 5.97 Å². The number of aryl methyl sites for hydroxylation is 1. The van der Waals surface area contributed by atoms with Crippen LogP contribution in [-0.2, 0) is 6.61 Å². The summed E-state index contributed by atoms with van der Waals surface area (Å²) in [7, 11) is 0. The Morgan fingerprint density at radius 1 is 1.53 bits per heavy atom. The fourth-order valence-electron chi connectivity index (χ4n) is 1.57. The van der Waals surface area contributed by atoms with Crippen LogP contribution in [0.5, 0.6) is 5.75 Å². The van der Waals surface area contributed by atoms with Gasteiger partial charge in [-0.25, -0.2) is 9.18 Å². The van der Waals surface area contributed by atoms with Crippen LogP contribution in [0.25, 0.3) is 0 Å². The Labute approximate surface area is 113 Å². The molecule has 6 heteroatoms. The average Bonchev–Trinajstić information content (AvgIpc) is 2.73. The van der Waals surface area contributed by atoms with Crippen LogP contribution in [0.15, 0.2) is 28.7 Å². The van der Waals surface area contributed by atoms with Crippen molar-refractivity contribution in [2.45, 2.75) is 13.5 Å². The number of ether oxygens (including phenoxy) is 1. The van der Waals surface area contributed by atoms with Gasteiger partial charge in [-0.1, -0.05) is 17.7 Å². The molecule has 0 saturated carbocycles. The van der Waals surface area contributed by atoms with E-state index in [4.69, 9.17) is 25.9 Å². The summed E-state index contributed by atoms with van der Waals surface area (Å²) < 4.78 is 23.9. The Kier molecular flexibility index (Phi) is 3.76. The van der Waals surface area contributed by atoms with Gasteiger partial charge in [0.1, 0.15) is 23.7 Å². The number of furan rings is 1. The van der Waals surface area contributed by atoms with Gasteiger partial charge < -0.3 is 14.3 Å². The predicted octanol–water partition coefficient (Wildman–Crippen LogP) is 3.66. The topological polar surface area (TPSA) is 59.7 Å². The highest BCUT2D eigenvalue weighted by Gasteiger charge is 2.15. The summed E-state index contributed by atoms with van der Waals surface area (Å²) in [5, 5.41) is 8.82. The molecule has 0 radical (unpaired) electrons. The zero-order chi connectivity index (χ0) is 14.0. The quantitative estimate of drug-likeness (QED) is 0.931. The van der Waals surface area contributed by atoms with Crippen molar-refractivity contribution in [2.75, 3.05) is 0 Å². The molecule has 0 spiro atoms. The molecule has 2 aromatic rings. The van der Waals surface area contributed by atoms with E-state index in [2.05, 4.69) is 0 Å². The molecule has 0 bridgehead atoms. The zero-order valence-electron chi connectivity index (χ0n) is 9.94. The molecule has 100 valence electrons. The average molecular weight is 285 g/mol. The van der Waals surface area contributed by atoms with Crippen molar-refractivity contribution in [2.24, 2.45) is 0 Å². The summed E-state index contributed by atoms with van der Waals surface area (Å²) in [5.41, 5.74) is 0.0603. The van der Waals surface area contributed by atoms with E-state index in [1.807, 2.05) is 0 Å². The van der Waals surface area contributed by atoms with E-state index in [9.17, 15) is 9.18 Å². The number of halogens is 2. The minimum Gasteiger partial charge on any atom is -0.483 e. The molecule has 0 aliphatic carbocycles. The summed E-state index contributed by atoms with van der Waals surface area (Å²) in [5.74, 6) is -1.18. The van der Waals surface area contributed by atoms with Crippen LogP contribution >= 0.6 is 11.6 Å². The van der Waals surface area contributed by atoms with E-state index in [1.54, 1.807) is 6.07 Å². The number of carboxylic acids is 1. The van der Waals surface area contributed by atoms with Crippen molar-refractivity contribution in [3.05, 3.63) is 52.2 Å². The molecule has 0 atom stereocenters. The van der Waals surface area contributed by atoms with Crippen molar-refractivity contribution >= 4 is 17.6 Å². The number of hydrogen-bond acceptors (Lipinski definition) is 3. The van der Waals surface area contributed by atoms with E-state index in [1.165, 1.54) is 25.1 Å². The summed E-state index contributed by atoms with van der Waals surface area (Å²) in [6.45, 7) is 1.46. The Hall–Kier alpha value is -2.01. The molecule has 19 heavy (non-hydrogen) atoms. The molecule has 0 aliphatic rings. The van der Waals surface area contributed by atoms with E-state index in [0.29, 0.717) is 5.76 Å². The van der Waals surface area contributed by atoms with Gasteiger partial charge in [-0.2, -0.15) is 0 Å². The molecule has 0 fully saturated rings. The molecule has 4 nitrogen and oxygen atoms in total. The van der Waals surface area contributed by atoms with E-state index in [0.717, 1.165) is 0 Å². The van der Waals surface area contributed by atoms with E-state index >= 15 is 0 Å². The summed E-state index contributed by atoms with van der Waals surface area (Å²) in [4.78, 5) is 10.8. The van der Waals surface area contributed by atoms with Gasteiger partial charge in [0.25, 0.3) is 0 Å². The maximum absolute atomic E-state index is 13.5. The van der Waals surface area contributed by atoms with Crippen LogP contribution in [-0.4, -0.2) is 11.1 Å². The van der Waals surface area contributed by atoms with Gasteiger partial charge in [-0.15, -0.1) is 0 Å². The number of rotatable bonds is 4. The second-order valence-corrected chi connectivity index (χ2v) is 4.24. The molecule has 0 unspecified atom stereocenters. The molecule has 1 aromatic carbocycles. The lowest BCUT2D eigenvalue weighted by atomic mass is 10.2. The molecule has 1 heterocycles. The third-order valence-electron chi connectivity index (χ3n) is 2.49. The second kappa shape index (κ2) is 5.32. The number of hydrogen-bond donors (Lipinski definition) is 1. The molecular weight excluding hydrogens is 275 g/mol. The van der Waals surface area contributed by atoms with Crippen molar-refractivity contribution < 1.29 is 23.4 Å². The van der Waals surface area contributed by atoms with Crippen molar-refractivity contribution in [3.8, 4) is 5.75 Å². The number of carbonyl (C=O) groups is 1. The smallest absolute Gasteiger partial charge is 0.339 e. The number of carboxylic acid groups (broad SMARTS) is 1. The second-order valence-electron chi connectivity index (χ2n) is 3.83. The van der Waals surface area contributed by atoms with E-state index < -0.39 is 11.8 Å². The molecular formula is C13H10ClFO4. The summed E-state index contributed by atoms with van der Waals surface area (Å²) in [6, 6.07) is 5.73. The molecule has 1 aromatic heterocycles. The Balaban J connectivity index is 2.13. The standard InChI is InChI=1S/C13H10ClFO4/c1-7-9(13(16)17)5-8(19-7)6-18-11-4-2-3-10(14)12(11)15/h2-5H,6H2,1H3,(H,16,17). The largest absolute Gasteiger partial charge is 0.483 e. The first-order valence-electron chi connectivity index (χ1n) is 5.38. The highest BCUT2D eigenvalue weighted by molar-refractivity contribution is 6.30. The number of benzene rings is 1. The van der Waals surface area contributed by atoms with Gasteiger partial charge in [0.2, 0.25) is 0 Å². The Morgan fingerprint density at radius 2 is 2.26 bits per heavy atom. The molecule has 0 saturated heterocycles. The van der Waals surface area contributed by atoms with Crippen LogP contribution in [0.1, 0.15) is 21.9 Å². The fraction of sp³-hybridized carbons (Fsp3) is 0.154. The number of aromatic carboxylic acids is 1. The first kappa shape index (κ1) is 13.4. The van der Waals surface area contributed by atoms with Gasteiger partial charge in [-0.3, -0.25) is 0 Å². The van der Waals surface area contributed by atoms with Gasteiger partial charge in [0, 0.05) is 0 Å². The zero-order valence-corrected chi connectivity index (χ0v) is 10.7. The molecule has 0 aliphatic heterocycles. The lowest BCUT2D eigenvalue weighted by molar-refractivity contribution is 0.0695. The lowest BCUT2D eigenvalue weighted by Crippen LogP contribution is -1.97. The first-order chi connectivity index (χ1) is 8.99. The van der Waals surface area contributed by atoms with Gasteiger partial charge in [0.15, 0.2) is 11.6 Å². The summed E-state index contributed by atoms with van der Waals surface area (Å²) in [6.07, 6.45) is 0. The van der Waals surface area contributed by atoms with Crippen molar-refractivity contribution in [1.82, 2.24) is 0 Å². The Morgan fingerprint density at radius 3 is 2.89 bits per heavy atom. The minimum atomic E-state index is -1.08. The fourth-order valence-corrected chi connectivity index (χ4v) is 1.74. The summed E-state index contributed by atoms with van der Waals surface area (Å²) >= 11 is 5.61. The third kappa shape index (κ3) is 2.88. The van der Waals surface area contributed by atoms with Crippen LogP contribution in [0.4, 0.5) is 4.39 Å². The SMILES string of the molecule is Cc1oc(COc2cccc(Cl)c2F)cc1C(=O)O. The maximum Gasteiger partial charge on any atom is 0.339 e. The van der Waals surface area contributed by atoms with Crippen molar-refractivity contribution in [1.29, 1.82) is 0 Å². The van der Waals surface area contributed by atoms with Crippen LogP contribution in [0, 0.1) is 12.7 Å². The third-order valence-corrected chi connectivity index (χ3v) is 2.78. The monoisotopic (exact) mass is 284 g/mol.